The fourth-order valence-electron chi connectivity index (χ4n) is 0.580. The van der Waals surface area contributed by atoms with Crippen LogP contribution in [0.5, 0.6) is 5.88 Å². The van der Waals surface area contributed by atoms with E-state index >= 15 is 0 Å². The molecule has 1 aromatic heterocycles. The molecule has 1 heterocycles. The minimum Gasteiger partial charge on any atom is -0.755 e. The molecule has 1 unspecified atom stereocenters. The highest BCUT2D eigenvalue weighted by atomic mass is 32.2. The van der Waals surface area contributed by atoms with Crippen molar-refractivity contribution in [2.24, 2.45) is 0 Å². The molecule has 1 rings (SSSR count). The Bertz CT molecular complexity index is 293. The number of methoxy groups -OCH3 is 1. The molecule has 7 heteroatoms. The van der Waals surface area contributed by atoms with Crippen LogP contribution in [0.4, 0.5) is 5.95 Å². The Morgan fingerprint density at radius 3 is 3.08 bits per heavy atom. The van der Waals surface area contributed by atoms with Crippen LogP contribution in [0.3, 0.4) is 0 Å². The van der Waals surface area contributed by atoms with Crippen molar-refractivity contribution in [1.82, 2.24) is 9.97 Å². The number of aromatic nitrogens is 2. The predicted molar refractivity (Wildman–Crippen MR) is 41.1 cm³/mol. The number of nitrogens with one attached hydrogen (secondary N) is 1. The van der Waals surface area contributed by atoms with E-state index in [2.05, 4.69) is 9.97 Å². The summed E-state index contributed by atoms with van der Waals surface area (Å²) >= 11 is -2.41. The third kappa shape index (κ3) is 2.44. The highest BCUT2D eigenvalue weighted by Gasteiger charge is 1.96. The third-order valence-electron chi connectivity index (χ3n) is 1.01. The molecule has 1 aromatic rings. The average molecular weight is 188 g/mol. The highest BCUT2D eigenvalue weighted by Crippen LogP contribution is 2.06. The predicted octanol–water partition coefficient (Wildman–Crippen LogP) is -0.309. The van der Waals surface area contributed by atoms with E-state index in [9.17, 15) is 8.76 Å². The molecule has 0 spiro atoms. The summed E-state index contributed by atoms with van der Waals surface area (Å²) in [5, 5.41) is 0. The van der Waals surface area contributed by atoms with E-state index in [0.717, 1.165) is 0 Å². The van der Waals surface area contributed by atoms with Crippen LogP contribution in [-0.4, -0.2) is 25.8 Å². The summed E-state index contributed by atoms with van der Waals surface area (Å²) in [7, 11) is 1.43. The van der Waals surface area contributed by atoms with Gasteiger partial charge in [0, 0.05) is 23.5 Å². The van der Waals surface area contributed by atoms with Gasteiger partial charge >= 0.3 is 0 Å². The normalized spacial score (nSPS) is 12.2. The maximum Gasteiger partial charge on any atom is 0.237 e. The van der Waals surface area contributed by atoms with Gasteiger partial charge in [0.25, 0.3) is 0 Å². The van der Waals surface area contributed by atoms with Crippen molar-refractivity contribution in [3.8, 4) is 5.88 Å². The molecule has 0 aliphatic rings. The van der Waals surface area contributed by atoms with Gasteiger partial charge in [-0.1, -0.05) is 0 Å². The lowest BCUT2D eigenvalue weighted by Crippen LogP contribution is -2.06. The number of rotatable bonds is 3. The first-order valence-corrected chi connectivity index (χ1v) is 4.03. The monoisotopic (exact) mass is 188 g/mol. The SMILES string of the molecule is COc1ccnc(NS(=O)[O-])n1. The molecule has 0 amide bonds. The summed E-state index contributed by atoms with van der Waals surface area (Å²) in [6, 6.07) is 1.51. The van der Waals surface area contributed by atoms with Gasteiger partial charge in [-0.25, -0.2) is 4.98 Å². The molecule has 0 saturated heterocycles. The summed E-state index contributed by atoms with van der Waals surface area (Å²) < 4.78 is 27.0. The van der Waals surface area contributed by atoms with Crippen molar-refractivity contribution in [1.29, 1.82) is 0 Å². The number of anilines is 1. The summed E-state index contributed by atoms with van der Waals surface area (Å²) in [6.45, 7) is 0. The van der Waals surface area contributed by atoms with Gasteiger partial charge in [0.2, 0.25) is 11.8 Å². The first-order valence-electron chi connectivity index (χ1n) is 2.95. The Hall–Kier alpha value is -1.21. The number of ether oxygens (including phenoxy) is 1. The van der Waals surface area contributed by atoms with Crippen molar-refractivity contribution >= 4 is 17.2 Å². The van der Waals surface area contributed by atoms with E-state index in [1.165, 1.54) is 19.4 Å². The Labute approximate surface area is 71.4 Å². The van der Waals surface area contributed by atoms with Gasteiger partial charge in [0.05, 0.1) is 7.11 Å². The minimum absolute atomic E-state index is 0.0114. The average Bonchev–Trinajstić information content (AvgIpc) is 2.03. The molecule has 0 aliphatic heterocycles. The molecule has 0 bridgehead atoms. The molecule has 6 nitrogen and oxygen atoms in total. The lowest BCUT2D eigenvalue weighted by molar-refractivity contribution is 0.397. The standard InChI is InChI=1S/C5H7N3O3S/c1-11-4-2-3-6-5(7-4)8-12(9)10/h2-3H,1H3,(H,9,10)(H,6,7,8)/p-1. The fourth-order valence-corrected chi connectivity index (χ4v) is 0.827. The number of hydrogen-bond donors (Lipinski definition) is 1. The summed E-state index contributed by atoms with van der Waals surface area (Å²) in [5.41, 5.74) is 0. The highest BCUT2D eigenvalue weighted by molar-refractivity contribution is 7.80. The first kappa shape index (κ1) is 8.88. The molecule has 1 N–H and O–H groups in total. The second-order valence-corrected chi connectivity index (χ2v) is 2.43. The van der Waals surface area contributed by atoms with Crippen LogP contribution in [0.15, 0.2) is 12.3 Å². The molecule has 0 fully saturated rings. The van der Waals surface area contributed by atoms with E-state index in [4.69, 9.17) is 4.74 Å². The topological polar surface area (TPSA) is 87.2 Å². The number of nitrogens with zero attached hydrogens (tertiary/aromatic N) is 2. The van der Waals surface area contributed by atoms with Crippen LogP contribution < -0.4 is 9.46 Å². The van der Waals surface area contributed by atoms with Crippen molar-refractivity contribution in [2.75, 3.05) is 11.8 Å². The zero-order valence-electron chi connectivity index (χ0n) is 6.18. The van der Waals surface area contributed by atoms with Crippen LogP contribution in [0.1, 0.15) is 0 Å². The molecule has 0 aliphatic carbocycles. The van der Waals surface area contributed by atoms with E-state index < -0.39 is 11.3 Å². The van der Waals surface area contributed by atoms with Crippen LogP contribution in [-0.2, 0) is 11.3 Å². The Morgan fingerprint density at radius 1 is 1.75 bits per heavy atom. The van der Waals surface area contributed by atoms with Gasteiger partial charge in [-0.2, -0.15) is 4.98 Å². The van der Waals surface area contributed by atoms with Crippen LogP contribution >= 0.6 is 0 Å². The lowest BCUT2D eigenvalue weighted by Gasteiger charge is -2.06. The van der Waals surface area contributed by atoms with Crippen LogP contribution in [0.25, 0.3) is 0 Å². The van der Waals surface area contributed by atoms with Gasteiger partial charge in [-0.3, -0.25) is 8.93 Å². The molecule has 0 radical (unpaired) electrons. The Kier molecular flexibility index (Phi) is 2.94. The van der Waals surface area contributed by atoms with Gasteiger partial charge in [-0.15, -0.1) is 0 Å². The first-order chi connectivity index (χ1) is 5.72. The molecular weight excluding hydrogens is 182 g/mol. The maximum absolute atomic E-state index is 10.1. The van der Waals surface area contributed by atoms with E-state index in [1.54, 1.807) is 0 Å². The Morgan fingerprint density at radius 2 is 2.50 bits per heavy atom. The van der Waals surface area contributed by atoms with Crippen molar-refractivity contribution in [2.45, 2.75) is 0 Å². The van der Waals surface area contributed by atoms with E-state index in [-0.39, 0.29) is 5.95 Å². The van der Waals surface area contributed by atoms with Crippen LogP contribution in [0, 0.1) is 0 Å². The van der Waals surface area contributed by atoms with Crippen molar-refractivity contribution in [3.05, 3.63) is 12.3 Å². The molecule has 1 atom stereocenters. The molecule has 0 saturated carbocycles. The van der Waals surface area contributed by atoms with E-state index in [0.29, 0.717) is 5.88 Å². The van der Waals surface area contributed by atoms with Gasteiger partial charge in [0.15, 0.2) is 0 Å². The smallest absolute Gasteiger partial charge is 0.237 e. The molecular formula is C5H6N3O3S-. The number of hydrogen-bond acceptors (Lipinski definition) is 5. The van der Waals surface area contributed by atoms with Crippen molar-refractivity contribution in [3.63, 3.8) is 0 Å². The summed E-state index contributed by atoms with van der Waals surface area (Å²) in [4.78, 5) is 7.33. The molecule has 12 heavy (non-hydrogen) atoms. The molecule has 66 valence electrons. The summed E-state index contributed by atoms with van der Waals surface area (Å²) in [5.74, 6) is 0.292. The minimum atomic E-state index is -2.41. The zero-order valence-corrected chi connectivity index (χ0v) is 7.00. The second kappa shape index (κ2) is 3.98. The molecule has 0 aromatic carbocycles. The largest absolute Gasteiger partial charge is 0.755 e. The zero-order chi connectivity index (χ0) is 8.97. The van der Waals surface area contributed by atoms with Crippen molar-refractivity contribution < 1.29 is 13.5 Å². The van der Waals surface area contributed by atoms with Gasteiger partial charge in [0.1, 0.15) is 0 Å². The lowest BCUT2D eigenvalue weighted by atomic mass is 10.6. The third-order valence-corrected chi connectivity index (χ3v) is 1.36. The van der Waals surface area contributed by atoms with Gasteiger partial charge < -0.3 is 9.29 Å². The fraction of sp³-hybridized carbons (Fsp3) is 0.200. The van der Waals surface area contributed by atoms with Gasteiger partial charge in [-0.05, 0) is 0 Å². The second-order valence-electron chi connectivity index (χ2n) is 1.76. The Balaban J connectivity index is 2.79. The maximum atomic E-state index is 10.1. The van der Waals surface area contributed by atoms with Crippen LogP contribution in [0.2, 0.25) is 0 Å². The quantitative estimate of drug-likeness (QED) is 0.657. The summed E-state index contributed by atoms with van der Waals surface area (Å²) in [6.07, 6.45) is 1.39. The van der Waals surface area contributed by atoms with E-state index in [1.807, 2.05) is 4.72 Å².